The van der Waals surface area contributed by atoms with Gasteiger partial charge in [0.15, 0.2) is 5.78 Å². The number of aromatic hydroxyl groups is 1. The molecule has 0 aliphatic heterocycles. The molecule has 0 saturated heterocycles. The van der Waals surface area contributed by atoms with Crippen LogP contribution in [-0.2, 0) is 0 Å². The van der Waals surface area contributed by atoms with Crippen LogP contribution < -0.4 is 11.5 Å². The topological polar surface area (TPSA) is 89.3 Å². The second-order valence-corrected chi connectivity index (χ2v) is 5.01. The van der Waals surface area contributed by atoms with Gasteiger partial charge in [0.25, 0.3) is 0 Å². The van der Waals surface area contributed by atoms with E-state index in [1.165, 1.54) is 6.92 Å². The molecule has 3 unspecified atom stereocenters. The fraction of sp³-hybridized carbons (Fsp3) is 0.500. The van der Waals surface area contributed by atoms with Gasteiger partial charge < -0.3 is 16.6 Å². The zero-order valence-electron chi connectivity index (χ0n) is 11.2. The lowest BCUT2D eigenvalue weighted by atomic mass is 9.86. The van der Waals surface area contributed by atoms with E-state index in [1.807, 2.05) is 13.8 Å². The molecule has 4 nitrogen and oxygen atoms in total. The molecule has 0 saturated carbocycles. The first kappa shape index (κ1) is 14.7. The van der Waals surface area contributed by atoms with Crippen LogP contribution in [0.1, 0.15) is 49.0 Å². The number of ketones is 1. The molecule has 0 bridgehead atoms. The molecule has 5 N–H and O–H groups in total. The van der Waals surface area contributed by atoms with Gasteiger partial charge in [0, 0.05) is 18.0 Å². The molecule has 1 aromatic rings. The summed E-state index contributed by atoms with van der Waals surface area (Å²) in [6, 6.07) is 5.05. The Kier molecular flexibility index (Phi) is 4.87. The molecule has 1 rings (SSSR count). The van der Waals surface area contributed by atoms with Gasteiger partial charge in [0.1, 0.15) is 5.75 Å². The average Bonchev–Trinajstić information content (AvgIpc) is 2.26. The van der Waals surface area contributed by atoms with Crippen molar-refractivity contribution in [3.8, 4) is 5.75 Å². The summed E-state index contributed by atoms with van der Waals surface area (Å²) in [7, 11) is 0. The summed E-state index contributed by atoms with van der Waals surface area (Å²) in [4.78, 5) is 11.4. The predicted molar refractivity (Wildman–Crippen MR) is 72.8 cm³/mol. The van der Waals surface area contributed by atoms with Crippen LogP contribution in [0.3, 0.4) is 0 Å². The van der Waals surface area contributed by atoms with Crippen molar-refractivity contribution in [2.75, 3.05) is 0 Å². The maximum absolute atomic E-state index is 11.4. The normalized spacial score (nSPS) is 16.1. The molecule has 0 aromatic heterocycles. The van der Waals surface area contributed by atoms with E-state index < -0.39 is 0 Å². The summed E-state index contributed by atoms with van der Waals surface area (Å²) in [5.41, 5.74) is 13.1. The molecule has 18 heavy (non-hydrogen) atoms. The zero-order chi connectivity index (χ0) is 13.9. The van der Waals surface area contributed by atoms with Crippen molar-refractivity contribution < 1.29 is 9.90 Å². The van der Waals surface area contributed by atoms with Crippen LogP contribution in [-0.4, -0.2) is 23.0 Å². The number of benzene rings is 1. The average molecular weight is 250 g/mol. The highest BCUT2D eigenvalue weighted by atomic mass is 16.3. The fourth-order valence-electron chi connectivity index (χ4n) is 2.12. The van der Waals surface area contributed by atoms with Gasteiger partial charge >= 0.3 is 0 Å². The summed E-state index contributed by atoms with van der Waals surface area (Å²) in [5.74, 6) is -0.0576. The molecule has 0 aliphatic rings. The Bertz CT molecular complexity index is 428. The van der Waals surface area contributed by atoms with Crippen molar-refractivity contribution >= 4 is 5.78 Å². The first-order valence-corrected chi connectivity index (χ1v) is 6.18. The molecule has 0 spiro atoms. The molecular formula is C14H22N2O2. The smallest absolute Gasteiger partial charge is 0.163 e. The highest BCUT2D eigenvalue weighted by Crippen LogP contribution is 2.28. The molecule has 1 aromatic carbocycles. The van der Waals surface area contributed by atoms with Gasteiger partial charge in [-0.3, -0.25) is 4.79 Å². The van der Waals surface area contributed by atoms with Gasteiger partial charge in [-0.05, 0) is 44.9 Å². The number of hydrogen-bond acceptors (Lipinski definition) is 4. The molecule has 100 valence electrons. The molecule has 0 aliphatic carbocycles. The van der Waals surface area contributed by atoms with E-state index in [2.05, 4.69) is 0 Å². The van der Waals surface area contributed by atoms with Crippen LogP contribution in [0, 0.1) is 0 Å². The summed E-state index contributed by atoms with van der Waals surface area (Å²) >= 11 is 0. The summed E-state index contributed by atoms with van der Waals surface area (Å²) in [5, 5.41) is 9.63. The quantitative estimate of drug-likeness (QED) is 0.695. The first-order chi connectivity index (χ1) is 8.32. The maximum Gasteiger partial charge on any atom is 0.163 e. The second kappa shape index (κ2) is 5.98. The van der Waals surface area contributed by atoms with Crippen LogP contribution in [0.2, 0.25) is 0 Å². The second-order valence-electron chi connectivity index (χ2n) is 5.01. The van der Waals surface area contributed by atoms with Gasteiger partial charge in [0.05, 0.1) is 5.56 Å². The number of rotatable bonds is 5. The van der Waals surface area contributed by atoms with Crippen molar-refractivity contribution in [2.45, 2.75) is 45.2 Å². The Morgan fingerprint density at radius 1 is 1.33 bits per heavy atom. The summed E-state index contributed by atoms with van der Waals surface area (Å²) in [6.45, 7) is 5.29. The number of hydrogen-bond donors (Lipinski definition) is 3. The van der Waals surface area contributed by atoms with Crippen LogP contribution in [0.4, 0.5) is 0 Å². The van der Waals surface area contributed by atoms with E-state index in [9.17, 15) is 9.90 Å². The van der Waals surface area contributed by atoms with Gasteiger partial charge in [-0.1, -0.05) is 6.07 Å². The maximum atomic E-state index is 11.4. The predicted octanol–water partition coefficient (Wildman–Crippen LogP) is 1.76. The third-order valence-corrected chi connectivity index (χ3v) is 3.09. The minimum atomic E-state index is -0.154. The van der Waals surface area contributed by atoms with Gasteiger partial charge in [-0.25, -0.2) is 0 Å². The Hall–Kier alpha value is -1.39. The minimum absolute atomic E-state index is 0.00970. The van der Waals surface area contributed by atoms with E-state index in [0.717, 1.165) is 12.0 Å². The van der Waals surface area contributed by atoms with Gasteiger partial charge in [-0.2, -0.15) is 0 Å². The number of carbonyl (C=O) groups is 1. The van der Waals surface area contributed by atoms with Gasteiger partial charge in [0.2, 0.25) is 0 Å². The zero-order valence-corrected chi connectivity index (χ0v) is 11.2. The van der Waals surface area contributed by atoms with E-state index in [0.29, 0.717) is 5.56 Å². The van der Waals surface area contributed by atoms with E-state index in [-0.39, 0.29) is 29.5 Å². The third kappa shape index (κ3) is 3.55. The number of Topliss-reactive ketones (excluding diaryl/α,β-unsaturated/α-hetero) is 1. The molecule has 3 atom stereocenters. The Morgan fingerprint density at radius 3 is 2.39 bits per heavy atom. The lowest BCUT2D eigenvalue weighted by Crippen LogP contribution is -2.30. The van der Waals surface area contributed by atoms with Crippen LogP contribution in [0.15, 0.2) is 18.2 Å². The molecule has 0 heterocycles. The van der Waals surface area contributed by atoms with E-state index in [1.54, 1.807) is 18.2 Å². The monoisotopic (exact) mass is 250 g/mol. The SMILES string of the molecule is CC(=O)c1cc(C(CC(C)N)C(C)N)ccc1O. The lowest BCUT2D eigenvalue weighted by Gasteiger charge is -2.23. The Morgan fingerprint density at radius 2 is 1.94 bits per heavy atom. The van der Waals surface area contributed by atoms with Crippen LogP contribution >= 0.6 is 0 Å². The van der Waals surface area contributed by atoms with E-state index in [4.69, 9.17) is 11.5 Å². The van der Waals surface area contributed by atoms with Gasteiger partial charge in [-0.15, -0.1) is 0 Å². The fourth-order valence-corrected chi connectivity index (χ4v) is 2.12. The molecule has 0 fully saturated rings. The Labute approximate surface area is 108 Å². The number of nitrogens with two attached hydrogens (primary N) is 2. The van der Waals surface area contributed by atoms with Crippen LogP contribution in [0.5, 0.6) is 5.75 Å². The highest BCUT2D eigenvalue weighted by molar-refractivity contribution is 5.96. The summed E-state index contributed by atoms with van der Waals surface area (Å²) in [6.07, 6.45) is 0.750. The van der Waals surface area contributed by atoms with Crippen LogP contribution in [0.25, 0.3) is 0 Å². The third-order valence-electron chi connectivity index (χ3n) is 3.09. The van der Waals surface area contributed by atoms with Crippen molar-refractivity contribution in [1.29, 1.82) is 0 Å². The lowest BCUT2D eigenvalue weighted by molar-refractivity contribution is 0.101. The summed E-state index contributed by atoms with van der Waals surface area (Å²) < 4.78 is 0. The van der Waals surface area contributed by atoms with Crippen molar-refractivity contribution in [2.24, 2.45) is 11.5 Å². The number of carbonyl (C=O) groups excluding carboxylic acids is 1. The highest BCUT2D eigenvalue weighted by Gasteiger charge is 2.19. The van der Waals surface area contributed by atoms with Crippen molar-refractivity contribution in [3.63, 3.8) is 0 Å². The minimum Gasteiger partial charge on any atom is -0.507 e. The van der Waals surface area contributed by atoms with Crippen molar-refractivity contribution in [1.82, 2.24) is 0 Å². The Balaban J connectivity index is 3.13. The molecule has 0 radical (unpaired) electrons. The van der Waals surface area contributed by atoms with E-state index >= 15 is 0 Å². The molecule has 4 heteroatoms. The number of phenolic OH excluding ortho intramolecular Hbond substituents is 1. The van der Waals surface area contributed by atoms with Crippen molar-refractivity contribution in [3.05, 3.63) is 29.3 Å². The largest absolute Gasteiger partial charge is 0.507 e. The molecular weight excluding hydrogens is 228 g/mol. The standard InChI is InChI=1S/C14H22N2O2/c1-8(15)6-12(9(2)16)11-4-5-14(18)13(7-11)10(3)17/h4-5,7-9,12,18H,6,15-16H2,1-3H3. The number of phenols is 1. The first-order valence-electron chi connectivity index (χ1n) is 6.18. The molecule has 0 amide bonds.